The van der Waals surface area contributed by atoms with Crippen LogP contribution in [0.2, 0.25) is 0 Å². The van der Waals surface area contributed by atoms with Gasteiger partial charge in [-0.1, -0.05) is 182 Å². The third kappa shape index (κ3) is 5.76. The predicted octanol–water partition coefficient (Wildman–Crippen LogP) is 17.1. The molecule has 0 bridgehead atoms. The maximum atomic E-state index is 2.40. The summed E-state index contributed by atoms with van der Waals surface area (Å²) in [5.74, 6) is 0. The summed E-state index contributed by atoms with van der Waals surface area (Å²) >= 11 is 1.90. The molecule has 1 heterocycles. The number of fused-ring (bicyclic) bond motifs is 9. The van der Waals surface area contributed by atoms with Crippen molar-refractivity contribution in [3.63, 3.8) is 0 Å². The summed E-state index contributed by atoms with van der Waals surface area (Å²) in [4.78, 5) is 2.40. The Morgan fingerprint density at radius 3 is 1.27 bits per heavy atom. The van der Waals surface area contributed by atoms with Crippen LogP contribution in [0.4, 0.5) is 17.1 Å². The molecule has 1 nitrogen and oxygen atoms in total. The van der Waals surface area contributed by atoms with Gasteiger partial charge in [-0.15, -0.1) is 11.3 Å². The average Bonchev–Trinajstić information content (AvgIpc) is 3.71. The first-order valence-electron chi connectivity index (χ1n) is 20.6. The topological polar surface area (TPSA) is 3.24 Å². The lowest BCUT2D eigenvalue weighted by Gasteiger charge is -2.26. The van der Waals surface area contributed by atoms with Crippen LogP contribution < -0.4 is 4.90 Å². The highest BCUT2D eigenvalue weighted by Gasteiger charge is 2.17. The minimum absolute atomic E-state index is 1.11. The van der Waals surface area contributed by atoms with Crippen molar-refractivity contribution in [3.8, 4) is 33.4 Å². The van der Waals surface area contributed by atoms with Crippen molar-refractivity contribution in [2.45, 2.75) is 0 Å². The van der Waals surface area contributed by atoms with E-state index in [4.69, 9.17) is 0 Å². The van der Waals surface area contributed by atoms with E-state index in [9.17, 15) is 0 Å². The zero-order chi connectivity index (χ0) is 39.6. The smallest absolute Gasteiger partial charge is 0.0468 e. The third-order valence-electron chi connectivity index (χ3n) is 12.2. The van der Waals surface area contributed by atoms with E-state index in [1.54, 1.807) is 0 Å². The number of hydrogen-bond acceptors (Lipinski definition) is 2. The van der Waals surface area contributed by atoms with Gasteiger partial charge in [-0.05, 0) is 119 Å². The van der Waals surface area contributed by atoms with Crippen LogP contribution in [0.5, 0.6) is 0 Å². The molecular weight excluding hydrogens is 743 g/mol. The van der Waals surface area contributed by atoms with Gasteiger partial charge in [0.05, 0.1) is 0 Å². The molecule has 1 aromatic heterocycles. The molecule has 280 valence electrons. The summed E-state index contributed by atoms with van der Waals surface area (Å²) in [7, 11) is 0. The maximum absolute atomic E-state index is 2.40. The van der Waals surface area contributed by atoms with Gasteiger partial charge in [-0.2, -0.15) is 0 Å². The van der Waals surface area contributed by atoms with Crippen LogP contribution in [0.1, 0.15) is 0 Å². The lowest BCUT2D eigenvalue weighted by molar-refractivity contribution is 1.29. The molecule has 60 heavy (non-hydrogen) atoms. The molecule has 12 aromatic rings. The molecule has 0 aliphatic carbocycles. The number of rotatable bonds is 6. The largest absolute Gasteiger partial charge is 0.310 e. The summed E-state index contributed by atoms with van der Waals surface area (Å²) in [5.41, 5.74) is 10.8. The first kappa shape index (κ1) is 34.5. The van der Waals surface area contributed by atoms with Crippen LogP contribution in [0.15, 0.2) is 224 Å². The molecule has 11 aromatic carbocycles. The van der Waals surface area contributed by atoms with Gasteiger partial charge >= 0.3 is 0 Å². The summed E-state index contributed by atoms with van der Waals surface area (Å²) < 4.78 is 2.65. The molecule has 0 radical (unpaired) electrons. The van der Waals surface area contributed by atoms with Gasteiger partial charge in [0.1, 0.15) is 0 Å². The van der Waals surface area contributed by atoms with Crippen LogP contribution >= 0.6 is 11.3 Å². The lowest BCUT2D eigenvalue weighted by atomic mass is 9.97. The van der Waals surface area contributed by atoms with E-state index in [1.165, 1.54) is 96.6 Å². The zero-order valence-electron chi connectivity index (χ0n) is 32.7. The van der Waals surface area contributed by atoms with E-state index in [2.05, 4.69) is 229 Å². The molecule has 0 aliphatic heterocycles. The molecule has 0 spiro atoms. The van der Waals surface area contributed by atoms with Gasteiger partial charge in [0, 0.05) is 37.2 Å². The highest BCUT2D eigenvalue weighted by Crippen LogP contribution is 2.45. The summed E-state index contributed by atoms with van der Waals surface area (Å²) in [5, 5.41) is 12.7. The fourth-order valence-electron chi connectivity index (χ4n) is 9.24. The van der Waals surface area contributed by atoms with E-state index in [1.807, 2.05) is 11.3 Å². The van der Waals surface area contributed by atoms with Gasteiger partial charge in [0.2, 0.25) is 0 Å². The molecule has 0 unspecified atom stereocenters. The number of nitrogens with zero attached hydrogens (tertiary/aromatic N) is 1. The quantitative estimate of drug-likeness (QED) is 0.152. The molecule has 0 amide bonds. The van der Waals surface area contributed by atoms with E-state index >= 15 is 0 Å². The second-order valence-electron chi connectivity index (χ2n) is 15.7. The molecule has 0 atom stereocenters. The van der Waals surface area contributed by atoms with Gasteiger partial charge in [0.15, 0.2) is 0 Å². The van der Waals surface area contributed by atoms with E-state index in [0.29, 0.717) is 0 Å². The number of anilines is 3. The van der Waals surface area contributed by atoms with Gasteiger partial charge < -0.3 is 4.90 Å². The zero-order valence-corrected chi connectivity index (χ0v) is 33.5. The lowest BCUT2D eigenvalue weighted by Crippen LogP contribution is -2.09. The average molecular weight is 780 g/mol. The molecule has 2 heteroatoms. The molecular formula is C58H37NS. The summed E-state index contributed by atoms with van der Waals surface area (Å²) in [6.45, 7) is 0. The molecule has 0 fully saturated rings. The fraction of sp³-hybridized carbons (Fsp3) is 0. The Balaban J connectivity index is 0.971. The van der Waals surface area contributed by atoms with Crippen LogP contribution in [-0.4, -0.2) is 0 Å². The second kappa shape index (κ2) is 14.1. The third-order valence-corrected chi connectivity index (χ3v) is 13.5. The van der Waals surface area contributed by atoms with Crippen molar-refractivity contribution in [1.29, 1.82) is 0 Å². The highest BCUT2D eigenvalue weighted by molar-refractivity contribution is 7.26. The van der Waals surface area contributed by atoms with Gasteiger partial charge in [-0.25, -0.2) is 0 Å². The van der Waals surface area contributed by atoms with Gasteiger partial charge in [-0.3, -0.25) is 0 Å². The summed E-state index contributed by atoms with van der Waals surface area (Å²) in [6.07, 6.45) is 0. The Kier molecular flexibility index (Phi) is 8.11. The van der Waals surface area contributed by atoms with Crippen LogP contribution in [0.25, 0.3) is 96.6 Å². The predicted molar refractivity (Wildman–Crippen MR) is 260 cm³/mol. The minimum Gasteiger partial charge on any atom is -0.310 e. The first-order chi connectivity index (χ1) is 29.7. The second-order valence-corrected chi connectivity index (χ2v) is 16.7. The maximum Gasteiger partial charge on any atom is 0.0468 e. The SMILES string of the molecule is c1ccc(-c2cccc3c2sc2c(-c4ccc(N(c5ccc(-c6ccc7ccc8ccccc8c7c6)cc5)c5ccc6ccc7ccccc7c6c5)cc4)cccc23)cc1. The van der Waals surface area contributed by atoms with Crippen LogP contribution in [-0.2, 0) is 0 Å². The number of thiophene rings is 1. The van der Waals surface area contributed by atoms with E-state index in [-0.39, 0.29) is 0 Å². The Morgan fingerprint density at radius 1 is 0.250 bits per heavy atom. The first-order valence-corrected chi connectivity index (χ1v) is 21.4. The highest BCUT2D eigenvalue weighted by atomic mass is 32.1. The standard InChI is InChI=1S/C58H37NS/c1-2-10-39(11-3-1)51-16-8-18-53-54-19-9-17-52(58(54)60-57(51)53)42-28-33-47(34-29-42)59(48-35-30-44-23-21-41-13-5-7-15-50(41)56(44)37-48)46-31-26-38(27-32-46)45-25-24-43-22-20-40-12-4-6-14-49(40)55(43)36-45/h1-37H. The Morgan fingerprint density at radius 2 is 0.667 bits per heavy atom. The molecule has 0 saturated carbocycles. The molecule has 0 N–H and O–H groups in total. The number of hydrogen-bond donors (Lipinski definition) is 0. The molecule has 0 aliphatic rings. The molecule has 0 saturated heterocycles. The van der Waals surface area contributed by atoms with Crippen molar-refractivity contribution >= 4 is 91.7 Å². The minimum atomic E-state index is 1.11. The fourth-order valence-corrected chi connectivity index (χ4v) is 10.6. The number of benzene rings is 11. The Labute approximate surface area is 352 Å². The Bertz CT molecular complexity index is 3580. The van der Waals surface area contributed by atoms with Crippen molar-refractivity contribution in [2.75, 3.05) is 4.90 Å². The van der Waals surface area contributed by atoms with Crippen molar-refractivity contribution in [2.24, 2.45) is 0 Å². The van der Waals surface area contributed by atoms with Crippen molar-refractivity contribution in [3.05, 3.63) is 224 Å². The van der Waals surface area contributed by atoms with Crippen molar-refractivity contribution in [1.82, 2.24) is 0 Å². The Hall–Kier alpha value is -7.52. The van der Waals surface area contributed by atoms with E-state index < -0.39 is 0 Å². The van der Waals surface area contributed by atoms with Gasteiger partial charge in [0.25, 0.3) is 0 Å². The normalized spacial score (nSPS) is 11.7. The van der Waals surface area contributed by atoms with E-state index in [0.717, 1.165) is 17.1 Å². The van der Waals surface area contributed by atoms with Crippen LogP contribution in [0, 0.1) is 0 Å². The monoisotopic (exact) mass is 779 g/mol. The van der Waals surface area contributed by atoms with Crippen LogP contribution in [0.3, 0.4) is 0 Å². The molecule has 12 rings (SSSR count). The summed E-state index contributed by atoms with van der Waals surface area (Å²) in [6, 6.07) is 82.4. The van der Waals surface area contributed by atoms with Crippen molar-refractivity contribution < 1.29 is 0 Å².